The van der Waals surface area contributed by atoms with Crippen LogP contribution >= 0.6 is 0 Å². The molecule has 6 heteroatoms. The van der Waals surface area contributed by atoms with Crippen molar-refractivity contribution < 1.29 is 9.59 Å². The van der Waals surface area contributed by atoms with E-state index in [1.54, 1.807) is 30.3 Å². The SMILES string of the molecule is CC(=O)c1ccc(C(=O)NCCn2nc3c(cc2=O)CCCC3)cc1. The van der Waals surface area contributed by atoms with E-state index in [-0.39, 0.29) is 17.2 Å². The zero-order valence-corrected chi connectivity index (χ0v) is 14.2. The average Bonchev–Trinajstić information content (AvgIpc) is 2.62. The van der Waals surface area contributed by atoms with E-state index in [4.69, 9.17) is 0 Å². The summed E-state index contributed by atoms with van der Waals surface area (Å²) in [6.07, 6.45) is 4.04. The average molecular weight is 339 g/mol. The number of carbonyl (C=O) groups is 2. The Labute approximate surface area is 145 Å². The van der Waals surface area contributed by atoms with Crippen LogP contribution in [0.1, 0.15) is 51.7 Å². The number of aromatic nitrogens is 2. The molecule has 0 fully saturated rings. The lowest BCUT2D eigenvalue weighted by Crippen LogP contribution is -2.33. The van der Waals surface area contributed by atoms with Gasteiger partial charge in [0.15, 0.2) is 5.78 Å². The zero-order chi connectivity index (χ0) is 17.8. The van der Waals surface area contributed by atoms with Crippen LogP contribution in [0.5, 0.6) is 0 Å². The number of hydrogen-bond acceptors (Lipinski definition) is 4. The molecule has 1 heterocycles. The Morgan fingerprint density at radius 2 is 1.80 bits per heavy atom. The van der Waals surface area contributed by atoms with Crippen LogP contribution in [-0.2, 0) is 19.4 Å². The molecule has 0 radical (unpaired) electrons. The highest BCUT2D eigenvalue weighted by Crippen LogP contribution is 2.16. The molecule has 130 valence electrons. The van der Waals surface area contributed by atoms with Crippen LogP contribution in [0.2, 0.25) is 0 Å². The summed E-state index contributed by atoms with van der Waals surface area (Å²) in [5, 5.41) is 7.21. The number of benzene rings is 1. The Morgan fingerprint density at radius 3 is 2.52 bits per heavy atom. The van der Waals surface area contributed by atoms with Gasteiger partial charge < -0.3 is 5.32 Å². The predicted octanol–water partition coefficient (Wildman–Crippen LogP) is 1.75. The van der Waals surface area contributed by atoms with Crippen LogP contribution in [0, 0.1) is 0 Å². The van der Waals surface area contributed by atoms with Crippen LogP contribution < -0.4 is 10.9 Å². The second-order valence-corrected chi connectivity index (χ2v) is 6.27. The van der Waals surface area contributed by atoms with Crippen molar-refractivity contribution in [1.82, 2.24) is 15.1 Å². The van der Waals surface area contributed by atoms with E-state index in [9.17, 15) is 14.4 Å². The van der Waals surface area contributed by atoms with Crippen LogP contribution in [0.4, 0.5) is 0 Å². The van der Waals surface area contributed by atoms with E-state index in [1.165, 1.54) is 11.6 Å². The predicted molar refractivity (Wildman–Crippen MR) is 93.9 cm³/mol. The lowest BCUT2D eigenvalue weighted by molar-refractivity contribution is 0.0949. The van der Waals surface area contributed by atoms with Crippen LogP contribution in [0.3, 0.4) is 0 Å². The first-order chi connectivity index (χ1) is 12.0. The largest absolute Gasteiger partial charge is 0.350 e. The minimum Gasteiger partial charge on any atom is -0.350 e. The Morgan fingerprint density at radius 1 is 1.12 bits per heavy atom. The fourth-order valence-corrected chi connectivity index (χ4v) is 2.99. The highest BCUT2D eigenvalue weighted by Gasteiger charge is 2.13. The van der Waals surface area contributed by atoms with Gasteiger partial charge in [-0.15, -0.1) is 0 Å². The monoisotopic (exact) mass is 339 g/mol. The number of Topliss-reactive ketones (excluding diaryl/α,β-unsaturated/α-hetero) is 1. The Bertz CT molecular complexity index is 853. The van der Waals surface area contributed by atoms with Crippen molar-refractivity contribution in [3.8, 4) is 0 Å². The molecular weight excluding hydrogens is 318 g/mol. The molecule has 0 saturated carbocycles. The van der Waals surface area contributed by atoms with Crippen LogP contribution in [0.15, 0.2) is 35.1 Å². The molecule has 1 amide bonds. The number of hydrogen-bond donors (Lipinski definition) is 1. The second kappa shape index (κ2) is 7.42. The summed E-state index contributed by atoms with van der Waals surface area (Å²) >= 11 is 0. The van der Waals surface area contributed by atoms with Gasteiger partial charge in [-0.25, -0.2) is 4.68 Å². The first kappa shape index (κ1) is 17.1. The molecule has 0 saturated heterocycles. The summed E-state index contributed by atoms with van der Waals surface area (Å²) in [6.45, 7) is 2.14. The van der Waals surface area contributed by atoms with E-state index in [0.29, 0.717) is 24.2 Å². The molecule has 1 N–H and O–H groups in total. The highest BCUT2D eigenvalue weighted by atomic mass is 16.2. The van der Waals surface area contributed by atoms with Gasteiger partial charge in [0, 0.05) is 23.7 Å². The highest BCUT2D eigenvalue weighted by molar-refractivity contribution is 5.97. The molecule has 25 heavy (non-hydrogen) atoms. The van der Waals surface area contributed by atoms with Gasteiger partial charge in [0.05, 0.1) is 12.2 Å². The summed E-state index contributed by atoms with van der Waals surface area (Å²) < 4.78 is 1.42. The van der Waals surface area contributed by atoms with Gasteiger partial charge in [-0.2, -0.15) is 5.10 Å². The number of nitrogens with one attached hydrogen (secondary N) is 1. The van der Waals surface area contributed by atoms with Gasteiger partial charge in [0.2, 0.25) is 0 Å². The van der Waals surface area contributed by atoms with Crippen molar-refractivity contribution in [2.75, 3.05) is 6.54 Å². The first-order valence-electron chi connectivity index (χ1n) is 8.54. The van der Waals surface area contributed by atoms with E-state index in [1.807, 2.05) is 0 Å². The number of amides is 1. The Hall–Kier alpha value is -2.76. The van der Waals surface area contributed by atoms with Gasteiger partial charge >= 0.3 is 0 Å². The molecule has 1 aromatic heterocycles. The van der Waals surface area contributed by atoms with Crippen molar-refractivity contribution in [2.24, 2.45) is 0 Å². The molecule has 6 nitrogen and oxygen atoms in total. The molecule has 0 bridgehead atoms. The van der Waals surface area contributed by atoms with Crippen molar-refractivity contribution in [3.63, 3.8) is 0 Å². The maximum absolute atomic E-state index is 12.1. The van der Waals surface area contributed by atoms with E-state index < -0.39 is 0 Å². The van der Waals surface area contributed by atoms with Crippen molar-refractivity contribution in [1.29, 1.82) is 0 Å². The van der Waals surface area contributed by atoms with E-state index in [0.717, 1.165) is 36.9 Å². The zero-order valence-electron chi connectivity index (χ0n) is 14.2. The number of fused-ring (bicyclic) bond motifs is 1. The third-order valence-electron chi connectivity index (χ3n) is 4.44. The summed E-state index contributed by atoms with van der Waals surface area (Å²) in [7, 11) is 0. The smallest absolute Gasteiger partial charge is 0.267 e. The number of carbonyl (C=O) groups excluding carboxylic acids is 2. The summed E-state index contributed by atoms with van der Waals surface area (Å²) in [4.78, 5) is 35.5. The lowest BCUT2D eigenvalue weighted by Gasteiger charge is -2.16. The quantitative estimate of drug-likeness (QED) is 0.842. The van der Waals surface area contributed by atoms with Gasteiger partial charge in [-0.05, 0) is 50.3 Å². The number of rotatable bonds is 5. The van der Waals surface area contributed by atoms with Crippen molar-refractivity contribution in [2.45, 2.75) is 39.2 Å². The molecule has 0 spiro atoms. The normalized spacial score (nSPS) is 13.2. The molecular formula is C19H21N3O3. The van der Waals surface area contributed by atoms with E-state index in [2.05, 4.69) is 10.4 Å². The van der Waals surface area contributed by atoms with Crippen molar-refractivity contribution in [3.05, 3.63) is 63.1 Å². The van der Waals surface area contributed by atoms with E-state index >= 15 is 0 Å². The molecule has 3 rings (SSSR count). The second-order valence-electron chi connectivity index (χ2n) is 6.27. The van der Waals surface area contributed by atoms with Gasteiger partial charge in [-0.3, -0.25) is 14.4 Å². The fourth-order valence-electron chi connectivity index (χ4n) is 2.99. The third kappa shape index (κ3) is 4.02. The fraction of sp³-hybridized carbons (Fsp3) is 0.368. The first-order valence-corrected chi connectivity index (χ1v) is 8.54. The van der Waals surface area contributed by atoms with Crippen LogP contribution in [-0.4, -0.2) is 28.0 Å². The molecule has 2 aromatic rings. The molecule has 0 unspecified atom stereocenters. The van der Waals surface area contributed by atoms with Gasteiger partial charge in [0.25, 0.3) is 11.5 Å². The summed E-state index contributed by atoms with van der Waals surface area (Å²) in [5.41, 5.74) is 2.98. The minimum absolute atomic E-state index is 0.0372. The standard InChI is InChI=1S/C19H21N3O3/c1-13(23)14-6-8-15(9-7-14)19(25)20-10-11-22-18(24)12-16-4-2-3-5-17(16)21-22/h6-9,12H,2-5,10-11H2,1H3,(H,20,25). The number of aryl methyl sites for hydroxylation is 2. The molecule has 0 aliphatic heterocycles. The number of nitrogens with zero attached hydrogens (tertiary/aromatic N) is 2. The summed E-state index contributed by atoms with van der Waals surface area (Å²) in [6, 6.07) is 8.17. The van der Waals surface area contributed by atoms with Gasteiger partial charge in [-0.1, -0.05) is 12.1 Å². The maximum Gasteiger partial charge on any atom is 0.267 e. The molecule has 1 aliphatic carbocycles. The Kier molecular flexibility index (Phi) is 5.07. The van der Waals surface area contributed by atoms with Gasteiger partial charge in [0.1, 0.15) is 0 Å². The maximum atomic E-state index is 12.1. The third-order valence-corrected chi connectivity index (χ3v) is 4.44. The Balaban J connectivity index is 1.60. The minimum atomic E-state index is -0.235. The van der Waals surface area contributed by atoms with Crippen molar-refractivity contribution >= 4 is 11.7 Å². The topological polar surface area (TPSA) is 81.1 Å². The number of ketones is 1. The lowest BCUT2D eigenvalue weighted by atomic mass is 9.97. The summed E-state index contributed by atoms with van der Waals surface area (Å²) in [5.74, 6) is -0.272. The molecule has 0 atom stereocenters. The molecule has 1 aliphatic rings. The molecule has 1 aromatic carbocycles. The van der Waals surface area contributed by atoms with Crippen LogP contribution in [0.25, 0.3) is 0 Å².